The highest BCUT2D eigenvalue weighted by Gasteiger charge is 2.24. The molecular weight excluding hydrogens is 843 g/mol. The number of aliphatic hydroxyl groups is 2. The summed E-state index contributed by atoms with van der Waals surface area (Å²) in [6.45, 7) is 6.86. The Hall–Kier alpha value is -3.02. The number of esters is 1. The Kier molecular flexibility index (Phi) is 42.0. The molecule has 0 aliphatic carbocycles. The second kappa shape index (κ2) is 45.4. The van der Waals surface area contributed by atoms with Crippen molar-refractivity contribution in [2.45, 2.75) is 276 Å². The highest BCUT2D eigenvalue weighted by molar-refractivity contribution is 5.87. The quantitative estimate of drug-likeness (QED) is 0.0318. The summed E-state index contributed by atoms with van der Waals surface area (Å²) in [4.78, 5) is 52.8. The lowest BCUT2D eigenvalue weighted by Crippen LogP contribution is -2.48. The molecule has 67 heavy (non-hydrogen) atoms. The number of nitrogens with one attached hydrogen (secondary N) is 3. The van der Waals surface area contributed by atoms with Crippen molar-refractivity contribution in [3.05, 3.63) is 35.9 Å². The molecule has 0 radical (unpaired) electrons. The van der Waals surface area contributed by atoms with Crippen LogP contribution in [-0.4, -0.2) is 78.0 Å². The number of unbranched alkanes of at least 4 members (excludes halogenated alkanes) is 24. The molecule has 1 aromatic carbocycles. The first-order valence-electron chi connectivity index (χ1n) is 27.7. The van der Waals surface area contributed by atoms with E-state index >= 15 is 0 Å². The van der Waals surface area contributed by atoms with Crippen LogP contribution in [0.15, 0.2) is 30.3 Å². The minimum Gasteiger partial charge on any atom is -0.462 e. The highest BCUT2D eigenvalue weighted by atomic mass is 16.5. The van der Waals surface area contributed by atoms with Gasteiger partial charge < -0.3 is 35.6 Å². The second-order valence-electron chi connectivity index (χ2n) is 19.3. The van der Waals surface area contributed by atoms with Gasteiger partial charge in [0, 0.05) is 19.6 Å². The number of ether oxygens (including phenoxy) is 2. The van der Waals surface area contributed by atoms with Crippen LogP contribution in [0.5, 0.6) is 0 Å². The first-order chi connectivity index (χ1) is 32.8. The first kappa shape index (κ1) is 62.0. The fourth-order valence-electron chi connectivity index (χ4n) is 8.67. The number of rotatable bonds is 48. The highest BCUT2D eigenvalue weighted by Crippen LogP contribution is 2.19. The van der Waals surface area contributed by atoms with Crippen molar-refractivity contribution in [3.8, 4) is 0 Å². The molecule has 5 N–H and O–H groups in total. The van der Waals surface area contributed by atoms with Crippen molar-refractivity contribution in [2.75, 3.05) is 19.8 Å². The van der Waals surface area contributed by atoms with Gasteiger partial charge in [-0.05, 0) is 50.5 Å². The zero-order valence-electron chi connectivity index (χ0n) is 43.1. The number of hydrogen-bond donors (Lipinski definition) is 5. The number of carbonyl (C=O) groups excluding carboxylic acids is 4. The molecule has 1 rings (SSSR count). The van der Waals surface area contributed by atoms with Crippen LogP contribution < -0.4 is 16.0 Å². The molecule has 0 bridgehead atoms. The van der Waals surface area contributed by atoms with Crippen molar-refractivity contribution < 1.29 is 38.9 Å². The standard InChI is InChI=1S/C56H101N3O8/c1-4-7-10-13-16-19-22-25-31-38-50(66-47-48-35-29-28-30-36-48)44-53(62)58-49(46-61)37-34-42-57-56(65)52(41-43-60)59-54(63)45-51(39-32-26-23-20-17-14-11-8-5-2)67-55(64)40-33-27-24-21-18-15-12-9-6-3/h28-30,35-36,49-52,60-61H,4-27,31-34,37-47H2,1-3H3,(H,57,65)(H,58,62)(H,59,63)/t49-,50-,51-,52-/m1/s1. The molecule has 388 valence electrons. The van der Waals surface area contributed by atoms with Gasteiger partial charge in [0.05, 0.1) is 38.2 Å². The first-order valence-corrected chi connectivity index (χ1v) is 27.7. The molecule has 3 amide bonds. The molecule has 0 saturated heterocycles. The molecule has 0 spiro atoms. The van der Waals surface area contributed by atoms with Gasteiger partial charge in [-0.15, -0.1) is 0 Å². The maximum atomic E-state index is 13.4. The zero-order valence-corrected chi connectivity index (χ0v) is 43.1. The van der Waals surface area contributed by atoms with E-state index < -0.39 is 30.0 Å². The van der Waals surface area contributed by atoms with Gasteiger partial charge >= 0.3 is 5.97 Å². The molecule has 11 nitrogen and oxygen atoms in total. The van der Waals surface area contributed by atoms with E-state index in [2.05, 4.69) is 36.7 Å². The van der Waals surface area contributed by atoms with Gasteiger partial charge in [0.1, 0.15) is 12.1 Å². The third-order valence-electron chi connectivity index (χ3n) is 12.9. The van der Waals surface area contributed by atoms with Gasteiger partial charge in [-0.2, -0.15) is 0 Å². The Morgan fingerprint density at radius 2 is 0.985 bits per heavy atom. The fourth-order valence-corrected chi connectivity index (χ4v) is 8.67. The van der Waals surface area contributed by atoms with Crippen molar-refractivity contribution in [2.24, 2.45) is 0 Å². The van der Waals surface area contributed by atoms with Crippen LogP contribution in [0.4, 0.5) is 0 Å². The van der Waals surface area contributed by atoms with Gasteiger partial charge in [-0.3, -0.25) is 19.2 Å². The van der Waals surface area contributed by atoms with Crippen LogP contribution in [0.3, 0.4) is 0 Å². The molecule has 0 unspecified atom stereocenters. The Morgan fingerprint density at radius 1 is 0.522 bits per heavy atom. The van der Waals surface area contributed by atoms with Crippen LogP contribution in [0, 0.1) is 0 Å². The normalized spacial score (nSPS) is 13.1. The molecule has 0 fully saturated rings. The monoisotopic (exact) mass is 944 g/mol. The molecule has 4 atom stereocenters. The van der Waals surface area contributed by atoms with Gasteiger partial charge in [0.15, 0.2) is 0 Å². The summed E-state index contributed by atoms with van der Waals surface area (Å²) < 4.78 is 12.2. The third-order valence-corrected chi connectivity index (χ3v) is 12.9. The average Bonchev–Trinajstić information content (AvgIpc) is 3.32. The van der Waals surface area contributed by atoms with E-state index in [-0.39, 0.29) is 57.0 Å². The largest absolute Gasteiger partial charge is 0.462 e. The Morgan fingerprint density at radius 3 is 1.49 bits per heavy atom. The molecule has 11 heteroatoms. The van der Waals surface area contributed by atoms with Crippen LogP contribution in [0.25, 0.3) is 0 Å². The van der Waals surface area contributed by atoms with E-state index in [4.69, 9.17) is 9.47 Å². The summed E-state index contributed by atoms with van der Waals surface area (Å²) in [7, 11) is 0. The van der Waals surface area contributed by atoms with Crippen molar-refractivity contribution in [3.63, 3.8) is 0 Å². The number of hydrogen-bond acceptors (Lipinski definition) is 8. The SMILES string of the molecule is CCCCCCCCCCCC(=O)O[C@H](CCCCCCCCCCC)CC(=O)N[C@H](CCO)C(=O)NCCC[C@H](CO)NC(=O)C[C@@H](CCCCCCCCCCC)OCc1ccccc1. The molecule has 0 heterocycles. The van der Waals surface area contributed by atoms with Gasteiger partial charge in [-0.1, -0.05) is 212 Å². The van der Waals surface area contributed by atoms with Crippen molar-refractivity contribution in [1.29, 1.82) is 0 Å². The maximum Gasteiger partial charge on any atom is 0.306 e. The van der Waals surface area contributed by atoms with Gasteiger partial charge in [0.25, 0.3) is 0 Å². The zero-order chi connectivity index (χ0) is 48.8. The number of amides is 3. The average molecular weight is 944 g/mol. The molecule has 0 saturated carbocycles. The molecule has 1 aromatic rings. The van der Waals surface area contributed by atoms with Crippen LogP contribution in [0.2, 0.25) is 0 Å². The Labute approximate surface area is 409 Å². The predicted molar refractivity (Wildman–Crippen MR) is 275 cm³/mol. The summed E-state index contributed by atoms with van der Waals surface area (Å²) in [5, 5.41) is 28.5. The van der Waals surface area contributed by atoms with Crippen LogP contribution >= 0.6 is 0 Å². The lowest BCUT2D eigenvalue weighted by molar-refractivity contribution is -0.151. The van der Waals surface area contributed by atoms with E-state index in [1.807, 2.05) is 30.3 Å². The number of aliphatic hydroxyl groups excluding tert-OH is 2. The summed E-state index contributed by atoms with van der Waals surface area (Å²) in [5.41, 5.74) is 1.06. The Balaban J connectivity index is 2.63. The van der Waals surface area contributed by atoms with E-state index in [9.17, 15) is 29.4 Å². The number of carbonyl (C=O) groups is 4. The predicted octanol–water partition coefficient (Wildman–Crippen LogP) is 12.3. The summed E-state index contributed by atoms with van der Waals surface area (Å²) >= 11 is 0. The topological polar surface area (TPSA) is 163 Å². The number of benzene rings is 1. The lowest BCUT2D eigenvalue weighted by Gasteiger charge is -2.22. The summed E-state index contributed by atoms with van der Waals surface area (Å²) in [5.74, 6) is -1.26. The van der Waals surface area contributed by atoms with Crippen molar-refractivity contribution in [1.82, 2.24) is 16.0 Å². The summed E-state index contributed by atoms with van der Waals surface area (Å²) in [6, 6.07) is 8.54. The van der Waals surface area contributed by atoms with Crippen LogP contribution in [-0.2, 0) is 35.3 Å². The smallest absolute Gasteiger partial charge is 0.306 e. The Bertz CT molecular complexity index is 1320. The van der Waals surface area contributed by atoms with Crippen molar-refractivity contribution >= 4 is 23.7 Å². The fraction of sp³-hybridized carbons (Fsp3) is 0.821. The van der Waals surface area contributed by atoms with Gasteiger partial charge in [0.2, 0.25) is 17.7 Å². The van der Waals surface area contributed by atoms with E-state index in [1.165, 1.54) is 122 Å². The van der Waals surface area contributed by atoms with Crippen LogP contribution in [0.1, 0.15) is 251 Å². The lowest BCUT2D eigenvalue weighted by atomic mass is 10.0. The van der Waals surface area contributed by atoms with Gasteiger partial charge in [-0.25, -0.2) is 0 Å². The molecule has 0 aliphatic heterocycles. The molecule has 0 aromatic heterocycles. The molecular formula is C56H101N3O8. The minimum atomic E-state index is -0.949. The summed E-state index contributed by atoms with van der Waals surface area (Å²) in [6.07, 6.45) is 34.0. The van der Waals surface area contributed by atoms with E-state index in [0.717, 1.165) is 63.4 Å². The maximum absolute atomic E-state index is 13.4. The molecule has 0 aliphatic rings. The third kappa shape index (κ3) is 37.5. The second-order valence-corrected chi connectivity index (χ2v) is 19.3. The van der Waals surface area contributed by atoms with E-state index in [1.54, 1.807) is 0 Å². The minimum absolute atomic E-state index is 0.0368. The van der Waals surface area contributed by atoms with E-state index in [0.29, 0.717) is 32.3 Å².